The van der Waals surface area contributed by atoms with E-state index < -0.39 is 0 Å². The fourth-order valence-electron chi connectivity index (χ4n) is 2.08. The third-order valence-corrected chi connectivity index (χ3v) is 3.49. The fourth-order valence-corrected chi connectivity index (χ4v) is 2.33. The zero-order valence-corrected chi connectivity index (χ0v) is 12.2. The van der Waals surface area contributed by atoms with Gasteiger partial charge in [-0.2, -0.15) is 0 Å². The molecule has 2 aromatic carbocycles. The maximum Gasteiger partial charge on any atom is 0.127 e. The number of aryl methyl sites for hydroxylation is 1. The molecule has 106 valence electrons. The van der Waals surface area contributed by atoms with Gasteiger partial charge in [-0.05, 0) is 54.4 Å². The van der Waals surface area contributed by atoms with Gasteiger partial charge in [0.25, 0.3) is 0 Å². The van der Waals surface area contributed by atoms with Crippen molar-refractivity contribution < 1.29 is 8.78 Å². The van der Waals surface area contributed by atoms with Gasteiger partial charge in [-0.15, -0.1) is 0 Å². The predicted molar refractivity (Wildman–Crippen MR) is 78.9 cm³/mol. The molecule has 2 rings (SSSR count). The van der Waals surface area contributed by atoms with Crippen LogP contribution in [0.4, 0.5) is 8.78 Å². The molecule has 0 radical (unpaired) electrons. The summed E-state index contributed by atoms with van der Waals surface area (Å²) >= 11 is 6.11. The maximum atomic E-state index is 13.5. The Labute approximate surface area is 122 Å². The summed E-state index contributed by atoms with van der Waals surface area (Å²) in [6, 6.07) is 7.50. The normalized spacial score (nSPS) is 10.8. The lowest BCUT2D eigenvalue weighted by molar-refractivity contribution is 0.618. The second kappa shape index (κ2) is 6.33. The summed E-state index contributed by atoms with van der Waals surface area (Å²) in [6.07, 6.45) is 0. The summed E-state index contributed by atoms with van der Waals surface area (Å²) in [4.78, 5) is 0. The van der Waals surface area contributed by atoms with Crippen molar-refractivity contribution in [3.63, 3.8) is 0 Å². The minimum atomic E-state index is -0.358. The van der Waals surface area contributed by atoms with Crippen LogP contribution < -0.4 is 5.32 Å². The lowest BCUT2D eigenvalue weighted by atomic mass is 9.97. The molecule has 0 heterocycles. The second-order valence-electron chi connectivity index (χ2n) is 4.66. The van der Waals surface area contributed by atoms with Crippen LogP contribution in [0.5, 0.6) is 0 Å². The van der Waals surface area contributed by atoms with Crippen molar-refractivity contribution in [3.8, 4) is 11.1 Å². The minimum absolute atomic E-state index is 0.288. The Balaban J connectivity index is 2.55. The molecule has 0 aliphatic heterocycles. The van der Waals surface area contributed by atoms with E-state index in [1.54, 1.807) is 19.1 Å². The molecule has 0 aromatic heterocycles. The van der Waals surface area contributed by atoms with Gasteiger partial charge in [0.05, 0.1) is 5.02 Å². The Kier molecular flexibility index (Phi) is 4.73. The summed E-state index contributed by atoms with van der Waals surface area (Å²) in [5, 5.41) is 3.49. The van der Waals surface area contributed by atoms with Gasteiger partial charge in [-0.3, -0.25) is 0 Å². The molecule has 0 unspecified atom stereocenters. The van der Waals surface area contributed by atoms with E-state index in [2.05, 4.69) is 5.32 Å². The summed E-state index contributed by atoms with van der Waals surface area (Å²) in [6.45, 7) is 5.09. The number of hydrogen-bond acceptors (Lipinski definition) is 1. The molecule has 1 N–H and O–H groups in total. The number of halogens is 3. The zero-order valence-electron chi connectivity index (χ0n) is 11.4. The molecule has 0 bridgehead atoms. The van der Waals surface area contributed by atoms with E-state index in [9.17, 15) is 8.78 Å². The van der Waals surface area contributed by atoms with E-state index in [1.807, 2.05) is 6.92 Å². The van der Waals surface area contributed by atoms with Crippen LogP contribution in [-0.2, 0) is 6.54 Å². The first-order valence-corrected chi connectivity index (χ1v) is 6.86. The smallest absolute Gasteiger partial charge is 0.127 e. The van der Waals surface area contributed by atoms with Crippen LogP contribution in [0.3, 0.4) is 0 Å². The van der Waals surface area contributed by atoms with Gasteiger partial charge in [0.15, 0.2) is 0 Å². The molecular formula is C16H16ClF2N. The Morgan fingerprint density at radius 3 is 2.55 bits per heavy atom. The molecule has 4 heteroatoms. The molecule has 0 saturated heterocycles. The highest BCUT2D eigenvalue weighted by Crippen LogP contribution is 2.33. The molecule has 2 aromatic rings. The highest BCUT2D eigenvalue weighted by molar-refractivity contribution is 6.33. The van der Waals surface area contributed by atoms with E-state index in [1.165, 1.54) is 18.2 Å². The van der Waals surface area contributed by atoms with Crippen molar-refractivity contribution in [2.24, 2.45) is 0 Å². The molecule has 1 nitrogen and oxygen atoms in total. The first-order chi connectivity index (χ1) is 9.52. The van der Waals surface area contributed by atoms with Crippen LogP contribution in [0, 0.1) is 18.6 Å². The van der Waals surface area contributed by atoms with Crippen molar-refractivity contribution in [2.45, 2.75) is 20.4 Å². The highest BCUT2D eigenvalue weighted by atomic mass is 35.5. The Morgan fingerprint density at radius 1 is 1.10 bits per heavy atom. The van der Waals surface area contributed by atoms with Crippen molar-refractivity contribution in [3.05, 3.63) is 58.1 Å². The van der Waals surface area contributed by atoms with Gasteiger partial charge in [0.1, 0.15) is 11.6 Å². The van der Waals surface area contributed by atoms with Crippen molar-refractivity contribution >= 4 is 11.6 Å². The van der Waals surface area contributed by atoms with Crippen LogP contribution in [-0.4, -0.2) is 6.54 Å². The predicted octanol–water partition coefficient (Wildman–Crippen LogP) is 4.70. The lowest BCUT2D eigenvalue weighted by Crippen LogP contribution is -2.12. The molecule has 0 atom stereocenters. The summed E-state index contributed by atoms with van der Waals surface area (Å²) < 4.78 is 27.0. The van der Waals surface area contributed by atoms with Gasteiger partial charge in [0.2, 0.25) is 0 Å². The zero-order chi connectivity index (χ0) is 14.7. The average Bonchev–Trinajstić information content (AvgIpc) is 2.41. The monoisotopic (exact) mass is 295 g/mol. The SMILES string of the molecule is CCNCc1ccc(F)cc1-c1cc(C)c(F)cc1Cl. The van der Waals surface area contributed by atoms with Gasteiger partial charge in [-0.25, -0.2) is 8.78 Å². The van der Waals surface area contributed by atoms with Crippen molar-refractivity contribution in [1.82, 2.24) is 5.32 Å². The fraction of sp³-hybridized carbons (Fsp3) is 0.250. The van der Waals surface area contributed by atoms with E-state index in [0.717, 1.165) is 12.1 Å². The molecule has 0 saturated carbocycles. The van der Waals surface area contributed by atoms with Gasteiger partial charge < -0.3 is 5.32 Å². The van der Waals surface area contributed by atoms with E-state index >= 15 is 0 Å². The first kappa shape index (κ1) is 14.9. The maximum absolute atomic E-state index is 13.5. The topological polar surface area (TPSA) is 12.0 Å². The molecule has 0 aliphatic carbocycles. The van der Waals surface area contributed by atoms with Gasteiger partial charge in [-0.1, -0.05) is 24.6 Å². The second-order valence-corrected chi connectivity index (χ2v) is 5.07. The Bertz CT molecular complexity index is 626. The molecule has 0 aliphatic rings. The molecule has 0 spiro atoms. The van der Waals surface area contributed by atoms with E-state index in [4.69, 9.17) is 11.6 Å². The van der Waals surface area contributed by atoms with Crippen LogP contribution in [0.2, 0.25) is 5.02 Å². The van der Waals surface area contributed by atoms with Crippen LogP contribution in [0.15, 0.2) is 30.3 Å². The van der Waals surface area contributed by atoms with Crippen molar-refractivity contribution in [1.29, 1.82) is 0 Å². The van der Waals surface area contributed by atoms with E-state index in [-0.39, 0.29) is 16.7 Å². The third kappa shape index (κ3) is 3.17. The molecule has 20 heavy (non-hydrogen) atoms. The van der Waals surface area contributed by atoms with Gasteiger partial charge in [0, 0.05) is 12.1 Å². The number of benzene rings is 2. The minimum Gasteiger partial charge on any atom is -0.313 e. The lowest BCUT2D eigenvalue weighted by Gasteiger charge is -2.13. The van der Waals surface area contributed by atoms with Crippen LogP contribution in [0.25, 0.3) is 11.1 Å². The van der Waals surface area contributed by atoms with Crippen LogP contribution in [0.1, 0.15) is 18.1 Å². The Hall–Kier alpha value is -1.45. The summed E-state index contributed by atoms with van der Waals surface area (Å²) in [7, 11) is 0. The van der Waals surface area contributed by atoms with Crippen LogP contribution >= 0.6 is 11.6 Å². The van der Waals surface area contributed by atoms with Crippen molar-refractivity contribution in [2.75, 3.05) is 6.54 Å². The largest absolute Gasteiger partial charge is 0.313 e. The number of nitrogens with one attached hydrogen (secondary N) is 1. The Morgan fingerprint density at radius 2 is 1.85 bits per heavy atom. The standard InChI is InChI=1S/C16H16ClF2N/c1-3-20-9-11-4-5-12(18)7-13(11)14-6-10(2)16(19)8-15(14)17/h4-8,20H,3,9H2,1-2H3. The third-order valence-electron chi connectivity index (χ3n) is 3.18. The molecule has 0 fully saturated rings. The number of rotatable bonds is 4. The molecular weight excluding hydrogens is 280 g/mol. The average molecular weight is 296 g/mol. The quantitative estimate of drug-likeness (QED) is 0.862. The van der Waals surface area contributed by atoms with Gasteiger partial charge >= 0.3 is 0 Å². The number of hydrogen-bond donors (Lipinski definition) is 1. The summed E-state index contributed by atoms with van der Waals surface area (Å²) in [5.74, 6) is -0.693. The highest BCUT2D eigenvalue weighted by Gasteiger charge is 2.12. The first-order valence-electron chi connectivity index (χ1n) is 6.48. The molecule has 0 amide bonds. The summed E-state index contributed by atoms with van der Waals surface area (Å²) in [5.41, 5.74) is 2.77. The van der Waals surface area contributed by atoms with E-state index in [0.29, 0.717) is 23.2 Å².